The number of carbonyl (C=O) groups excluding carboxylic acids is 2. The summed E-state index contributed by atoms with van der Waals surface area (Å²) in [5.41, 5.74) is 0. The fourth-order valence-corrected chi connectivity index (χ4v) is 11.0. The number of piperidine rings is 2. The van der Waals surface area contributed by atoms with Crippen molar-refractivity contribution in [2.45, 2.75) is 220 Å². The first-order valence-electron chi connectivity index (χ1n) is 29.5. The molecule has 12 heteroatoms. The average molecular weight is 1050 g/mol. The second-order valence-corrected chi connectivity index (χ2v) is 22.6. The third-order valence-corrected chi connectivity index (χ3v) is 15.9. The minimum atomic E-state index is -0.247. The van der Waals surface area contributed by atoms with Gasteiger partial charge in [-0.05, 0) is 205 Å². The quantitative estimate of drug-likeness (QED) is 0.0191. The van der Waals surface area contributed by atoms with Gasteiger partial charge in [0, 0.05) is 63.9 Å². The summed E-state index contributed by atoms with van der Waals surface area (Å²) < 4.78 is 35.9. The molecule has 10 nitrogen and oxygen atoms in total. The second-order valence-electron chi connectivity index (χ2n) is 19.9. The van der Waals surface area contributed by atoms with E-state index < -0.39 is 0 Å². The zero-order valence-corrected chi connectivity index (χ0v) is 48.2. The van der Waals surface area contributed by atoms with Crippen LogP contribution in [0.2, 0.25) is 0 Å². The van der Waals surface area contributed by atoms with Crippen LogP contribution in [-0.2, 0) is 38.0 Å². The molecular formula is C60H108N2O8S2. The predicted octanol–water partition coefficient (Wildman–Crippen LogP) is 15.3. The van der Waals surface area contributed by atoms with Crippen molar-refractivity contribution in [1.82, 2.24) is 9.80 Å². The lowest BCUT2D eigenvalue weighted by molar-refractivity contribution is -0.153. The highest BCUT2D eigenvalue weighted by Gasteiger charge is 2.22. The van der Waals surface area contributed by atoms with Crippen LogP contribution in [0.3, 0.4) is 0 Å². The van der Waals surface area contributed by atoms with Gasteiger partial charge in [0.25, 0.3) is 0 Å². The Morgan fingerprint density at radius 1 is 0.444 bits per heavy atom. The Labute approximate surface area is 450 Å². The van der Waals surface area contributed by atoms with Crippen molar-refractivity contribution in [3.8, 4) is 0 Å². The SMILES string of the molecule is CC/C=C\CCCCOC(CCCC(=O)OCCC1CCN(CCSSCCN2CCC(CCOC(=O)CCCC(OCCCC/C=C\CC)OCCCC/C=C\CC)CC2)CC1)OCCCC/C=C\CC. The fraction of sp³-hybridized carbons (Fsp3) is 0.833. The summed E-state index contributed by atoms with van der Waals surface area (Å²) in [6.07, 6.45) is 45.2. The first-order valence-corrected chi connectivity index (χ1v) is 32.0. The Morgan fingerprint density at radius 3 is 1.07 bits per heavy atom. The van der Waals surface area contributed by atoms with E-state index in [1.807, 2.05) is 21.6 Å². The third kappa shape index (κ3) is 40.6. The summed E-state index contributed by atoms with van der Waals surface area (Å²) in [5, 5.41) is 0. The lowest BCUT2D eigenvalue weighted by atomic mass is 9.94. The van der Waals surface area contributed by atoms with Gasteiger partial charge in [-0.15, -0.1) is 0 Å². The summed E-state index contributed by atoms with van der Waals surface area (Å²) in [6, 6.07) is 0. The maximum Gasteiger partial charge on any atom is 0.305 e. The Hall–Kier alpha value is -1.64. The van der Waals surface area contributed by atoms with E-state index in [1.54, 1.807) is 0 Å². The Kier molecular flexibility index (Phi) is 46.3. The molecule has 0 aromatic carbocycles. The zero-order valence-electron chi connectivity index (χ0n) is 46.6. The number of hydrogen-bond acceptors (Lipinski definition) is 12. The number of unbranched alkanes of at least 4 members (excludes halogenated alkanes) is 8. The summed E-state index contributed by atoms with van der Waals surface area (Å²) in [6.45, 7) is 19.4. The molecule has 0 unspecified atom stereocenters. The van der Waals surface area contributed by atoms with E-state index in [2.05, 4.69) is 86.1 Å². The van der Waals surface area contributed by atoms with Crippen molar-refractivity contribution < 1.29 is 38.0 Å². The molecule has 0 saturated carbocycles. The number of hydrogen-bond donors (Lipinski definition) is 0. The van der Waals surface area contributed by atoms with Crippen LogP contribution in [0.1, 0.15) is 207 Å². The van der Waals surface area contributed by atoms with Gasteiger partial charge in [0.1, 0.15) is 0 Å². The van der Waals surface area contributed by atoms with Gasteiger partial charge in [-0.3, -0.25) is 9.59 Å². The summed E-state index contributed by atoms with van der Waals surface area (Å²) >= 11 is 0. The van der Waals surface area contributed by atoms with Gasteiger partial charge < -0.3 is 38.2 Å². The van der Waals surface area contributed by atoms with Gasteiger partial charge >= 0.3 is 11.9 Å². The molecule has 2 heterocycles. The molecular weight excluding hydrogens is 941 g/mol. The molecule has 0 atom stereocenters. The number of ether oxygens (including phenoxy) is 6. The van der Waals surface area contributed by atoms with Gasteiger partial charge in [0.15, 0.2) is 12.6 Å². The van der Waals surface area contributed by atoms with Gasteiger partial charge in [-0.2, -0.15) is 0 Å². The van der Waals surface area contributed by atoms with E-state index in [0.717, 1.165) is 192 Å². The molecule has 2 fully saturated rings. The predicted molar refractivity (Wildman–Crippen MR) is 307 cm³/mol. The maximum atomic E-state index is 12.6. The molecule has 2 rings (SSSR count). The minimum absolute atomic E-state index is 0.0939. The molecule has 2 saturated heterocycles. The highest BCUT2D eigenvalue weighted by molar-refractivity contribution is 8.76. The van der Waals surface area contributed by atoms with E-state index in [0.29, 0.717) is 64.3 Å². The van der Waals surface area contributed by atoms with Crippen LogP contribution < -0.4 is 0 Å². The molecule has 0 bridgehead atoms. The van der Waals surface area contributed by atoms with Crippen LogP contribution in [0.25, 0.3) is 0 Å². The number of allylic oxidation sites excluding steroid dienone is 8. The molecule has 0 radical (unpaired) electrons. The smallest absolute Gasteiger partial charge is 0.305 e. The molecule has 0 amide bonds. The number of carbonyl (C=O) groups is 2. The Balaban J connectivity index is 1.47. The maximum absolute atomic E-state index is 12.6. The van der Waals surface area contributed by atoms with E-state index in [9.17, 15) is 9.59 Å². The molecule has 2 aliphatic heterocycles. The van der Waals surface area contributed by atoms with Gasteiger partial charge in [-0.1, -0.05) is 97.9 Å². The highest BCUT2D eigenvalue weighted by atomic mass is 33.1. The Morgan fingerprint density at radius 2 is 0.764 bits per heavy atom. The van der Waals surface area contributed by atoms with Crippen molar-refractivity contribution in [2.24, 2.45) is 11.8 Å². The molecule has 2 aliphatic rings. The fourth-order valence-electron chi connectivity index (χ4n) is 8.98. The molecule has 0 spiro atoms. The van der Waals surface area contributed by atoms with E-state index in [-0.39, 0.29) is 24.5 Å². The van der Waals surface area contributed by atoms with Crippen molar-refractivity contribution in [2.75, 3.05) is 90.4 Å². The van der Waals surface area contributed by atoms with E-state index in [1.165, 1.54) is 25.7 Å². The van der Waals surface area contributed by atoms with Crippen molar-refractivity contribution in [1.29, 1.82) is 0 Å². The van der Waals surface area contributed by atoms with Crippen molar-refractivity contribution >= 4 is 33.5 Å². The van der Waals surface area contributed by atoms with E-state index in [4.69, 9.17) is 28.4 Å². The largest absolute Gasteiger partial charge is 0.466 e. The lowest BCUT2D eigenvalue weighted by Gasteiger charge is -2.32. The topological polar surface area (TPSA) is 96.0 Å². The van der Waals surface area contributed by atoms with Crippen molar-refractivity contribution in [3.63, 3.8) is 0 Å². The van der Waals surface area contributed by atoms with Crippen LogP contribution in [-0.4, -0.2) is 125 Å². The molecule has 0 N–H and O–H groups in total. The summed E-state index contributed by atoms with van der Waals surface area (Å²) in [4.78, 5) is 30.4. The normalized spacial score (nSPS) is 15.8. The standard InChI is InChI=1S/C60H108N2O8S2/c1-5-9-13-17-21-25-47-67-59(68-48-26-22-18-14-10-6-2)33-29-31-57(63)65-51-39-55-35-41-61(42-36-55)45-53-71-72-54-46-62-43-37-56(38-44-62)40-52-66-58(64)32-30-34-60(69-49-27-23-19-15-11-7-3)70-50-28-24-20-16-12-8-4/h9-16,55-56,59-60H,5-8,17-54H2,1-4H3/b13-9-,14-10-,15-11-,16-12-. The number of nitrogens with zero attached hydrogens (tertiary/aromatic N) is 2. The van der Waals surface area contributed by atoms with Gasteiger partial charge in [-0.25, -0.2) is 0 Å². The lowest BCUT2D eigenvalue weighted by Crippen LogP contribution is -2.36. The highest BCUT2D eigenvalue weighted by Crippen LogP contribution is 2.26. The summed E-state index contributed by atoms with van der Waals surface area (Å²) in [5.74, 6) is 3.42. The third-order valence-electron chi connectivity index (χ3n) is 13.6. The van der Waals surface area contributed by atoms with Crippen LogP contribution >= 0.6 is 21.6 Å². The van der Waals surface area contributed by atoms with Crippen LogP contribution in [0.4, 0.5) is 0 Å². The first kappa shape index (κ1) is 66.5. The number of likely N-dealkylation sites (tertiary alicyclic amines) is 2. The number of rotatable bonds is 49. The number of esters is 2. The molecule has 0 aromatic rings. The minimum Gasteiger partial charge on any atom is -0.466 e. The second kappa shape index (κ2) is 50.2. The first-order chi connectivity index (χ1) is 35.5. The molecule has 0 aliphatic carbocycles. The Bertz CT molecular complexity index is 1200. The molecule has 0 aromatic heterocycles. The monoisotopic (exact) mass is 1050 g/mol. The van der Waals surface area contributed by atoms with Gasteiger partial charge in [0.2, 0.25) is 0 Å². The molecule has 72 heavy (non-hydrogen) atoms. The van der Waals surface area contributed by atoms with E-state index >= 15 is 0 Å². The summed E-state index contributed by atoms with van der Waals surface area (Å²) in [7, 11) is 4.03. The van der Waals surface area contributed by atoms with Crippen molar-refractivity contribution in [3.05, 3.63) is 48.6 Å². The van der Waals surface area contributed by atoms with Crippen LogP contribution in [0, 0.1) is 11.8 Å². The van der Waals surface area contributed by atoms with Crippen LogP contribution in [0.5, 0.6) is 0 Å². The van der Waals surface area contributed by atoms with Crippen LogP contribution in [0.15, 0.2) is 48.6 Å². The van der Waals surface area contributed by atoms with Gasteiger partial charge in [0.05, 0.1) is 13.2 Å². The molecule has 418 valence electrons. The zero-order chi connectivity index (χ0) is 51.6. The average Bonchev–Trinajstić information content (AvgIpc) is 3.39.